The zero-order valence-electron chi connectivity index (χ0n) is 16.0. The van der Waals surface area contributed by atoms with Crippen LogP contribution in [0, 0.1) is 0 Å². The van der Waals surface area contributed by atoms with E-state index in [2.05, 4.69) is 39.0 Å². The van der Waals surface area contributed by atoms with Gasteiger partial charge in [0, 0.05) is 46.3 Å². The Hall–Kier alpha value is -2.90. The molecule has 1 aromatic carbocycles. The fourth-order valence-electron chi connectivity index (χ4n) is 2.65. The molecule has 6 nitrogen and oxygen atoms in total. The summed E-state index contributed by atoms with van der Waals surface area (Å²) in [6.07, 6.45) is 3.64. The van der Waals surface area contributed by atoms with Crippen molar-refractivity contribution in [2.45, 2.75) is 0 Å². The van der Waals surface area contributed by atoms with Crippen molar-refractivity contribution in [3.63, 3.8) is 0 Å². The Morgan fingerprint density at radius 1 is 1.22 bits per heavy atom. The first-order valence-corrected chi connectivity index (χ1v) is 9.41. The number of benzene rings is 1. The maximum absolute atomic E-state index is 4.49. The van der Waals surface area contributed by atoms with Crippen LogP contribution >= 0.6 is 11.3 Å². The normalized spacial score (nSPS) is 11.7. The van der Waals surface area contributed by atoms with Crippen LogP contribution in [0.5, 0.6) is 0 Å². The number of hydrogen-bond acceptors (Lipinski definition) is 6. The van der Waals surface area contributed by atoms with E-state index >= 15 is 0 Å². The van der Waals surface area contributed by atoms with Crippen LogP contribution in [-0.2, 0) is 0 Å². The van der Waals surface area contributed by atoms with Crippen LogP contribution in [0.2, 0.25) is 0 Å². The molecule has 140 valence electrons. The molecule has 0 aliphatic heterocycles. The number of nitrogens with one attached hydrogen (secondary N) is 1. The molecule has 0 spiro atoms. The van der Waals surface area contributed by atoms with Crippen molar-refractivity contribution < 1.29 is 0 Å². The van der Waals surface area contributed by atoms with Gasteiger partial charge < -0.3 is 10.3 Å². The van der Waals surface area contributed by atoms with Crippen LogP contribution in [0.1, 0.15) is 4.88 Å². The number of hydrogen-bond donors (Lipinski definition) is 1. The van der Waals surface area contributed by atoms with Crippen LogP contribution < -0.4 is 15.8 Å². The predicted molar refractivity (Wildman–Crippen MR) is 114 cm³/mol. The lowest BCUT2D eigenvalue weighted by Crippen LogP contribution is -2.32. The number of anilines is 3. The lowest BCUT2D eigenvalue weighted by atomic mass is 10.2. The number of aromatic nitrogens is 2. The van der Waals surface area contributed by atoms with Crippen molar-refractivity contribution >= 4 is 34.2 Å². The molecule has 0 aliphatic carbocycles. The molecular weight excluding hydrogens is 356 g/mol. The number of rotatable bonds is 6. The third-order valence-electron chi connectivity index (χ3n) is 4.25. The number of nitrogens with zero attached hydrogens (tertiary/aromatic N) is 5. The topological polar surface area (TPSA) is 48.7 Å². The van der Waals surface area contributed by atoms with Crippen molar-refractivity contribution in [2.24, 2.45) is 4.99 Å². The fourth-order valence-corrected chi connectivity index (χ4v) is 3.35. The summed E-state index contributed by atoms with van der Waals surface area (Å²) in [6, 6.07) is 12.2. The SMILES string of the molecule is C=C(c1cccs1)n1ccnc(Nc2cccc(N(C)N(C)C)c2)c1=NC. The highest BCUT2D eigenvalue weighted by Gasteiger charge is 2.09. The number of hydrazine groups is 1. The Morgan fingerprint density at radius 2 is 2.04 bits per heavy atom. The average molecular weight is 381 g/mol. The van der Waals surface area contributed by atoms with Gasteiger partial charge in [0.25, 0.3) is 0 Å². The highest BCUT2D eigenvalue weighted by Crippen LogP contribution is 2.22. The molecule has 0 fully saturated rings. The third-order valence-corrected chi connectivity index (χ3v) is 5.17. The standard InChI is InChI=1S/C20H24N6S/c1-15(18-10-7-13-27-18)26-12-11-22-19(20(26)21-2)23-16-8-6-9-17(14-16)25(5)24(3)4/h6-14H,1H2,2-5H3,(H,22,23). The van der Waals surface area contributed by atoms with Gasteiger partial charge >= 0.3 is 0 Å². The molecule has 27 heavy (non-hydrogen) atoms. The van der Waals surface area contributed by atoms with Gasteiger partial charge in [0.2, 0.25) is 0 Å². The lowest BCUT2D eigenvalue weighted by molar-refractivity contribution is 0.397. The summed E-state index contributed by atoms with van der Waals surface area (Å²) in [5.74, 6) is 0.683. The number of thiophene rings is 1. The molecule has 0 radical (unpaired) electrons. The van der Waals surface area contributed by atoms with Crippen LogP contribution in [-0.4, -0.2) is 42.8 Å². The summed E-state index contributed by atoms with van der Waals surface area (Å²) in [5, 5.41) is 9.51. The van der Waals surface area contributed by atoms with Gasteiger partial charge in [0.05, 0.1) is 16.3 Å². The summed E-state index contributed by atoms with van der Waals surface area (Å²) in [6.45, 7) is 4.23. The van der Waals surface area contributed by atoms with E-state index in [1.807, 2.05) is 66.6 Å². The Balaban J connectivity index is 1.96. The van der Waals surface area contributed by atoms with Crippen LogP contribution in [0.25, 0.3) is 5.70 Å². The van der Waals surface area contributed by atoms with E-state index in [0.717, 1.165) is 27.4 Å². The molecule has 3 aromatic rings. The minimum atomic E-state index is 0.683. The van der Waals surface area contributed by atoms with E-state index in [9.17, 15) is 0 Å². The van der Waals surface area contributed by atoms with Gasteiger partial charge in [0.1, 0.15) is 0 Å². The highest BCUT2D eigenvalue weighted by atomic mass is 32.1. The van der Waals surface area contributed by atoms with Gasteiger partial charge in [0.15, 0.2) is 11.3 Å². The molecule has 0 saturated heterocycles. The van der Waals surface area contributed by atoms with Gasteiger partial charge in [-0.15, -0.1) is 11.3 Å². The van der Waals surface area contributed by atoms with Crippen molar-refractivity contribution in [1.29, 1.82) is 0 Å². The van der Waals surface area contributed by atoms with E-state index < -0.39 is 0 Å². The molecule has 3 rings (SSSR count). The van der Waals surface area contributed by atoms with Gasteiger partial charge in [-0.2, -0.15) is 0 Å². The van der Waals surface area contributed by atoms with Crippen molar-refractivity contribution in [3.05, 3.63) is 71.1 Å². The van der Waals surface area contributed by atoms with Crippen molar-refractivity contribution in [3.8, 4) is 0 Å². The molecule has 2 aromatic heterocycles. The van der Waals surface area contributed by atoms with Crippen LogP contribution in [0.15, 0.2) is 65.7 Å². The quantitative estimate of drug-likeness (QED) is 0.663. The van der Waals surface area contributed by atoms with Gasteiger partial charge in [-0.3, -0.25) is 9.56 Å². The predicted octanol–water partition coefficient (Wildman–Crippen LogP) is 3.65. The third kappa shape index (κ3) is 4.10. The smallest absolute Gasteiger partial charge is 0.175 e. The zero-order valence-corrected chi connectivity index (χ0v) is 16.9. The van der Waals surface area contributed by atoms with E-state index in [1.165, 1.54) is 0 Å². The fraction of sp³-hybridized carbons (Fsp3) is 0.200. The largest absolute Gasteiger partial charge is 0.337 e. The molecule has 1 N–H and O–H groups in total. The summed E-state index contributed by atoms with van der Waals surface area (Å²) >= 11 is 1.65. The van der Waals surface area contributed by atoms with E-state index in [1.54, 1.807) is 24.6 Å². The van der Waals surface area contributed by atoms with Gasteiger partial charge in [-0.25, -0.2) is 9.99 Å². The molecule has 0 unspecified atom stereocenters. The summed E-state index contributed by atoms with van der Waals surface area (Å²) in [7, 11) is 7.79. The Labute approximate surface area is 163 Å². The molecule has 0 saturated carbocycles. The Kier molecular flexibility index (Phi) is 5.73. The van der Waals surface area contributed by atoms with Crippen molar-refractivity contribution in [1.82, 2.24) is 14.6 Å². The molecule has 0 amide bonds. The summed E-state index contributed by atoms with van der Waals surface area (Å²) in [5.41, 5.74) is 3.62. The minimum Gasteiger partial charge on any atom is -0.337 e. The summed E-state index contributed by atoms with van der Waals surface area (Å²) in [4.78, 5) is 10.0. The molecule has 7 heteroatoms. The first kappa shape index (κ1) is 18.9. The van der Waals surface area contributed by atoms with Gasteiger partial charge in [-0.1, -0.05) is 18.7 Å². The highest BCUT2D eigenvalue weighted by molar-refractivity contribution is 7.11. The molecule has 0 atom stereocenters. The maximum Gasteiger partial charge on any atom is 0.175 e. The summed E-state index contributed by atoms with van der Waals surface area (Å²) < 4.78 is 1.96. The Morgan fingerprint density at radius 3 is 2.70 bits per heavy atom. The van der Waals surface area contributed by atoms with E-state index in [-0.39, 0.29) is 0 Å². The lowest BCUT2D eigenvalue weighted by Gasteiger charge is -2.26. The van der Waals surface area contributed by atoms with E-state index in [4.69, 9.17) is 0 Å². The second-order valence-corrected chi connectivity index (χ2v) is 7.11. The monoisotopic (exact) mass is 380 g/mol. The van der Waals surface area contributed by atoms with Crippen LogP contribution in [0.4, 0.5) is 17.2 Å². The second kappa shape index (κ2) is 8.20. The van der Waals surface area contributed by atoms with E-state index in [0.29, 0.717) is 5.82 Å². The molecule has 0 aliphatic rings. The maximum atomic E-state index is 4.49. The minimum absolute atomic E-state index is 0.683. The average Bonchev–Trinajstić information content (AvgIpc) is 3.21. The second-order valence-electron chi connectivity index (χ2n) is 6.16. The first-order valence-electron chi connectivity index (χ1n) is 8.53. The Bertz CT molecular complexity index is 988. The van der Waals surface area contributed by atoms with Gasteiger partial charge in [-0.05, 0) is 29.6 Å². The molecular formula is C20H24N6S. The van der Waals surface area contributed by atoms with Crippen LogP contribution in [0.3, 0.4) is 0 Å². The van der Waals surface area contributed by atoms with Crippen molar-refractivity contribution in [2.75, 3.05) is 38.5 Å². The zero-order chi connectivity index (χ0) is 19.4. The molecule has 2 heterocycles. The molecule has 0 bridgehead atoms. The first-order chi connectivity index (χ1) is 13.0.